The van der Waals surface area contributed by atoms with Crippen molar-refractivity contribution in [1.29, 1.82) is 0 Å². The van der Waals surface area contributed by atoms with Crippen LogP contribution in [-0.2, 0) is 16.0 Å². The Morgan fingerprint density at radius 1 is 0.960 bits per heavy atom. The van der Waals surface area contributed by atoms with Crippen LogP contribution < -0.4 is 0 Å². The number of hydrogen-bond acceptors (Lipinski definition) is 7. The normalized spacial score (nSPS) is 21.1. The number of hydrogen-bond donors (Lipinski definition) is 5. The highest BCUT2D eigenvalue weighted by Gasteiger charge is 2.41. The summed E-state index contributed by atoms with van der Waals surface area (Å²) in [5.41, 5.74) is 0.974. The van der Waals surface area contributed by atoms with Gasteiger partial charge >= 0.3 is 5.97 Å². The zero-order valence-electron chi connectivity index (χ0n) is 13.2. The number of ether oxygens (including phenoxy) is 1. The summed E-state index contributed by atoms with van der Waals surface area (Å²) in [5.74, 6) is -2.85. The SMILES string of the molecule is O=C1OC[C@H]([C@H](O)c2ccc(O)c(O)c2)[C@H]1Cc1ccc(O)c(O)c1. The Morgan fingerprint density at radius 3 is 2.24 bits per heavy atom. The third-order valence-corrected chi connectivity index (χ3v) is 4.48. The molecule has 7 heteroatoms. The summed E-state index contributed by atoms with van der Waals surface area (Å²) in [7, 11) is 0. The molecule has 1 heterocycles. The number of cyclic esters (lactones) is 1. The second kappa shape index (κ2) is 6.52. The van der Waals surface area contributed by atoms with Gasteiger partial charge in [0.25, 0.3) is 0 Å². The Hall–Kier alpha value is -2.93. The van der Waals surface area contributed by atoms with Crippen LogP contribution >= 0.6 is 0 Å². The van der Waals surface area contributed by atoms with E-state index in [1.165, 1.54) is 30.3 Å². The molecule has 0 unspecified atom stereocenters. The van der Waals surface area contributed by atoms with Gasteiger partial charge in [0.05, 0.1) is 18.6 Å². The van der Waals surface area contributed by atoms with Crippen LogP contribution in [0.15, 0.2) is 36.4 Å². The number of benzene rings is 2. The van der Waals surface area contributed by atoms with Gasteiger partial charge in [0, 0.05) is 5.92 Å². The van der Waals surface area contributed by atoms with Crippen molar-refractivity contribution in [2.24, 2.45) is 11.8 Å². The van der Waals surface area contributed by atoms with E-state index >= 15 is 0 Å². The molecule has 5 N–H and O–H groups in total. The Balaban J connectivity index is 1.83. The maximum atomic E-state index is 12.1. The third kappa shape index (κ3) is 3.32. The van der Waals surface area contributed by atoms with E-state index < -0.39 is 23.9 Å². The Labute approximate surface area is 143 Å². The topological polar surface area (TPSA) is 127 Å². The molecule has 1 aliphatic rings. The first kappa shape index (κ1) is 16.9. The molecule has 0 amide bonds. The zero-order valence-corrected chi connectivity index (χ0v) is 13.2. The predicted octanol–water partition coefficient (Wildman–Crippen LogP) is 1.57. The van der Waals surface area contributed by atoms with E-state index in [1.54, 1.807) is 6.07 Å². The van der Waals surface area contributed by atoms with E-state index in [2.05, 4.69) is 0 Å². The molecule has 0 spiro atoms. The molecule has 25 heavy (non-hydrogen) atoms. The van der Waals surface area contributed by atoms with Crippen LogP contribution in [0.5, 0.6) is 23.0 Å². The number of aromatic hydroxyl groups is 4. The number of esters is 1. The third-order valence-electron chi connectivity index (χ3n) is 4.48. The number of carbonyl (C=O) groups is 1. The molecular weight excluding hydrogens is 328 g/mol. The van der Waals surface area contributed by atoms with Crippen molar-refractivity contribution < 1.29 is 35.1 Å². The molecule has 7 nitrogen and oxygen atoms in total. The van der Waals surface area contributed by atoms with Gasteiger partial charge in [-0.3, -0.25) is 4.79 Å². The van der Waals surface area contributed by atoms with Gasteiger partial charge in [-0.2, -0.15) is 0 Å². The van der Waals surface area contributed by atoms with E-state index in [9.17, 15) is 30.3 Å². The maximum absolute atomic E-state index is 12.1. The molecule has 0 bridgehead atoms. The molecule has 1 saturated heterocycles. The highest BCUT2D eigenvalue weighted by atomic mass is 16.5. The van der Waals surface area contributed by atoms with E-state index in [0.717, 1.165) is 0 Å². The summed E-state index contributed by atoms with van der Waals surface area (Å²) in [6.45, 7) is 0.0242. The summed E-state index contributed by atoms with van der Waals surface area (Å²) in [6, 6.07) is 8.23. The van der Waals surface area contributed by atoms with Gasteiger partial charge in [-0.05, 0) is 41.8 Å². The lowest BCUT2D eigenvalue weighted by molar-refractivity contribution is -0.141. The van der Waals surface area contributed by atoms with Gasteiger partial charge in [0.2, 0.25) is 0 Å². The van der Waals surface area contributed by atoms with Crippen LogP contribution in [-0.4, -0.2) is 38.1 Å². The van der Waals surface area contributed by atoms with Crippen LogP contribution in [0.2, 0.25) is 0 Å². The Bertz CT molecular complexity index is 802. The van der Waals surface area contributed by atoms with E-state index in [4.69, 9.17) is 4.74 Å². The predicted molar refractivity (Wildman–Crippen MR) is 86.1 cm³/mol. The van der Waals surface area contributed by atoms with Crippen molar-refractivity contribution in [3.05, 3.63) is 47.5 Å². The first-order valence-corrected chi connectivity index (χ1v) is 7.74. The quantitative estimate of drug-likeness (QED) is 0.420. The Morgan fingerprint density at radius 2 is 1.60 bits per heavy atom. The van der Waals surface area contributed by atoms with Gasteiger partial charge in [-0.1, -0.05) is 12.1 Å². The van der Waals surface area contributed by atoms with Gasteiger partial charge < -0.3 is 30.3 Å². The molecule has 0 saturated carbocycles. The van der Waals surface area contributed by atoms with Crippen molar-refractivity contribution in [3.63, 3.8) is 0 Å². The molecule has 2 aromatic rings. The molecule has 3 rings (SSSR count). The Kier molecular flexibility index (Phi) is 4.41. The van der Waals surface area contributed by atoms with Crippen molar-refractivity contribution in [1.82, 2.24) is 0 Å². The largest absolute Gasteiger partial charge is 0.504 e. The van der Waals surface area contributed by atoms with Gasteiger partial charge in [0.15, 0.2) is 23.0 Å². The van der Waals surface area contributed by atoms with Gasteiger partial charge in [-0.25, -0.2) is 0 Å². The van der Waals surface area contributed by atoms with Gasteiger partial charge in [-0.15, -0.1) is 0 Å². The fourth-order valence-corrected chi connectivity index (χ4v) is 3.04. The summed E-state index contributed by atoms with van der Waals surface area (Å²) in [6.07, 6.45) is -0.855. The first-order valence-electron chi connectivity index (χ1n) is 7.74. The van der Waals surface area contributed by atoms with Crippen LogP contribution in [0.25, 0.3) is 0 Å². The molecule has 1 fully saturated rings. The summed E-state index contributed by atoms with van der Waals surface area (Å²) in [5, 5.41) is 48.5. The zero-order chi connectivity index (χ0) is 18.1. The molecule has 0 radical (unpaired) electrons. The monoisotopic (exact) mass is 346 g/mol. The van der Waals surface area contributed by atoms with E-state index in [1.807, 2.05) is 0 Å². The summed E-state index contributed by atoms with van der Waals surface area (Å²) in [4.78, 5) is 12.1. The number of rotatable bonds is 4. The second-order valence-electron chi connectivity index (χ2n) is 6.12. The molecule has 132 valence electrons. The minimum atomic E-state index is -1.08. The highest BCUT2D eigenvalue weighted by Crippen LogP contribution is 2.38. The fraction of sp³-hybridized carbons (Fsp3) is 0.278. The van der Waals surface area contributed by atoms with Crippen LogP contribution in [0.1, 0.15) is 17.2 Å². The minimum Gasteiger partial charge on any atom is -0.504 e. The number of carbonyl (C=O) groups excluding carboxylic acids is 1. The van der Waals surface area contributed by atoms with Crippen molar-refractivity contribution in [2.75, 3.05) is 6.61 Å². The number of phenols is 4. The average molecular weight is 346 g/mol. The molecule has 3 atom stereocenters. The lowest BCUT2D eigenvalue weighted by Crippen LogP contribution is -2.24. The average Bonchev–Trinajstić information content (AvgIpc) is 2.94. The van der Waals surface area contributed by atoms with Crippen LogP contribution in [0.3, 0.4) is 0 Å². The molecule has 1 aliphatic heterocycles. The van der Waals surface area contributed by atoms with Crippen molar-refractivity contribution in [2.45, 2.75) is 12.5 Å². The molecule has 0 aliphatic carbocycles. The number of aliphatic hydroxyl groups excluding tert-OH is 1. The maximum Gasteiger partial charge on any atom is 0.309 e. The molecular formula is C18H18O7. The van der Waals surface area contributed by atoms with Crippen molar-refractivity contribution >= 4 is 5.97 Å². The molecule has 0 aromatic heterocycles. The number of phenolic OH excluding ortho intramolecular Hbond substituents is 4. The lowest BCUT2D eigenvalue weighted by atomic mass is 9.83. The van der Waals surface area contributed by atoms with Gasteiger partial charge in [0.1, 0.15) is 0 Å². The fourth-order valence-electron chi connectivity index (χ4n) is 3.04. The highest BCUT2D eigenvalue weighted by molar-refractivity contribution is 5.75. The first-order chi connectivity index (χ1) is 11.9. The van der Waals surface area contributed by atoms with E-state index in [-0.39, 0.29) is 36.0 Å². The molecule has 2 aromatic carbocycles. The second-order valence-corrected chi connectivity index (χ2v) is 6.12. The van der Waals surface area contributed by atoms with E-state index in [0.29, 0.717) is 11.1 Å². The summed E-state index contributed by atoms with van der Waals surface area (Å²) >= 11 is 0. The smallest absolute Gasteiger partial charge is 0.309 e. The van der Waals surface area contributed by atoms with Crippen LogP contribution in [0, 0.1) is 11.8 Å². The van der Waals surface area contributed by atoms with Crippen LogP contribution in [0.4, 0.5) is 0 Å². The minimum absolute atomic E-state index is 0.0242. The standard InChI is InChI=1S/C18H18O7/c19-13-3-1-9(6-15(13)21)5-11-12(8-25-18(11)24)17(23)10-2-4-14(20)16(22)7-10/h1-4,6-7,11-12,17,19-23H,5,8H2/t11-,12+,17-/m1/s1. The number of aliphatic hydroxyl groups is 1. The summed E-state index contributed by atoms with van der Waals surface area (Å²) < 4.78 is 5.08. The van der Waals surface area contributed by atoms with Crippen molar-refractivity contribution in [3.8, 4) is 23.0 Å². The lowest BCUT2D eigenvalue weighted by Gasteiger charge is -2.22.